The zero-order chi connectivity index (χ0) is 13.4. The van der Waals surface area contributed by atoms with Gasteiger partial charge in [0.25, 0.3) is 0 Å². The van der Waals surface area contributed by atoms with Gasteiger partial charge in [0.05, 0.1) is 12.0 Å². The SMILES string of the molecule is C[C@H]1OCC[C@H]1C(=O)N1CCc2cc(Br)ccc2C1. The van der Waals surface area contributed by atoms with E-state index in [1.807, 2.05) is 17.9 Å². The quantitative estimate of drug-likeness (QED) is 0.795. The molecule has 102 valence electrons. The summed E-state index contributed by atoms with van der Waals surface area (Å²) in [5.74, 6) is 0.315. The highest BCUT2D eigenvalue weighted by Gasteiger charge is 2.34. The summed E-state index contributed by atoms with van der Waals surface area (Å²) in [4.78, 5) is 14.5. The van der Waals surface area contributed by atoms with Gasteiger partial charge in [0, 0.05) is 24.2 Å². The number of fused-ring (bicyclic) bond motifs is 1. The molecule has 3 rings (SSSR count). The molecular formula is C15H18BrNO2. The molecule has 1 amide bonds. The van der Waals surface area contributed by atoms with E-state index in [1.165, 1.54) is 11.1 Å². The molecule has 2 aliphatic rings. The highest BCUT2D eigenvalue weighted by Crippen LogP contribution is 2.27. The number of nitrogens with zero attached hydrogens (tertiary/aromatic N) is 1. The summed E-state index contributed by atoms with van der Waals surface area (Å²) in [6, 6.07) is 6.33. The fourth-order valence-electron chi connectivity index (χ4n) is 3.00. The molecule has 0 N–H and O–H groups in total. The Morgan fingerprint density at radius 2 is 2.26 bits per heavy atom. The summed E-state index contributed by atoms with van der Waals surface area (Å²) in [5.41, 5.74) is 2.63. The van der Waals surface area contributed by atoms with Crippen LogP contribution in [0.1, 0.15) is 24.5 Å². The average molecular weight is 324 g/mol. The minimum atomic E-state index is 0.0528. The fourth-order valence-corrected chi connectivity index (χ4v) is 3.41. The molecule has 0 bridgehead atoms. The number of hydrogen-bond donors (Lipinski definition) is 0. The van der Waals surface area contributed by atoms with Crippen LogP contribution in [0.4, 0.5) is 0 Å². The first-order valence-corrected chi connectivity index (χ1v) is 7.62. The highest BCUT2D eigenvalue weighted by atomic mass is 79.9. The van der Waals surface area contributed by atoms with Crippen LogP contribution in [0.2, 0.25) is 0 Å². The Bertz CT molecular complexity index is 503. The van der Waals surface area contributed by atoms with Gasteiger partial charge < -0.3 is 9.64 Å². The molecule has 2 aliphatic heterocycles. The Morgan fingerprint density at radius 3 is 3.00 bits per heavy atom. The minimum absolute atomic E-state index is 0.0528. The van der Waals surface area contributed by atoms with Crippen molar-refractivity contribution in [2.24, 2.45) is 5.92 Å². The first kappa shape index (κ1) is 13.1. The normalized spacial score (nSPS) is 26.3. The topological polar surface area (TPSA) is 29.5 Å². The van der Waals surface area contributed by atoms with Gasteiger partial charge in [-0.3, -0.25) is 4.79 Å². The van der Waals surface area contributed by atoms with Gasteiger partial charge in [0.2, 0.25) is 5.91 Å². The van der Waals surface area contributed by atoms with E-state index in [2.05, 4.69) is 28.1 Å². The Morgan fingerprint density at radius 1 is 1.42 bits per heavy atom. The van der Waals surface area contributed by atoms with Crippen LogP contribution in [0.5, 0.6) is 0 Å². The molecule has 1 aromatic rings. The van der Waals surface area contributed by atoms with Crippen molar-refractivity contribution in [1.29, 1.82) is 0 Å². The van der Waals surface area contributed by atoms with Crippen LogP contribution >= 0.6 is 15.9 Å². The number of ether oxygens (including phenoxy) is 1. The van der Waals surface area contributed by atoms with Gasteiger partial charge in [-0.1, -0.05) is 22.0 Å². The van der Waals surface area contributed by atoms with Crippen molar-refractivity contribution in [2.45, 2.75) is 32.4 Å². The Balaban J connectivity index is 1.75. The minimum Gasteiger partial charge on any atom is -0.378 e. The van der Waals surface area contributed by atoms with Crippen LogP contribution in [0, 0.1) is 5.92 Å². The molecule has 0 aliphatic carbocycles. The van der Waals surface area contributed by atoms with Crippen LogP contribution < -0.4 is 0 Å². The van der Waals surface area contributed by atoms with Gasteiger partial charge in [0.1, 0.15) is 0 Å². The number of rotatable bonds is 1. The predicted molar refractivity (Wildman–Crippen MR) is 76.8 cm³/mol. The standard InChI is InChI=1S/C15H18BrNO2/c1-10-14(5-7-19-10)15(18)17-6-4-11-8-13(16)3-2-12(11)9-17/h2-3,8,10,14H,4-7,9H2,1H3/t10-,14-/m1/s1. The summed E-state index contributed by atoms with van der Waals surface area (Å²) >= 11 is 3.50. The van der Waals surface area contributed by atoms with Gasteiger partial charge in [-0.25, -0.2) is 0 Å². The van der Waals surface area contributed by atoms with Crippen molar-refractivity contribution in [3.8, 4) is 0 Å². The average Bonchev–Trinajstić information content (AvgIpc) is 2.83. The molecule has 1 aromatic carbocycles. The molecule has 1 saturated heterocycles. The van der Waals surface area contributed by atoms with E-state index in [-0.39, 0.29) is 17.9 Å². The molecule has 4 heteroatoms. The first-order valence-electron chi connectivity index (χ1n) is 6.83. The van der Waals surface area contributed by atoms with E-state index in [1.54, 1.807) is 0 Å². The number of benzene rings is 1. The Labute approximate surface area is 122 Å². The second-order valence-corrected chi connectivity index (χ2v) is 6.31. The van der Waals surface area contributed by atoms with Gasteiger partial charge in [-0.15, -0.1) is 0 Å². The zero-order valence-electron chi connectivity index (χ0n) is 11.1. The molecule has 19 heavy (non-hydrogen) atoms. The second-order valence-electron chi connectivity index (χ2n) is 5.39. The maximum Gasteiger partial charge on any atom is 0.228 e. The zero-order valence-corrected chi connectivity index (χ0v) is 12.6. The Hall–Kier alpha value is -0.870. The van der Waals surface area contributed by atoms with Crippen LogP contribution in [-0.4, -0.2) is 30.1 Å². The molecule has 0 aromatic heterocycles. The predicted octanol–water partition coefficient (Wildman–Crippen LogP) is 2.76. The number of hydrogen-bond acceptors (Lipinski definition) is 2. The lowest BCUT2D eigenvalue weighted by Gasteiger charge is -2.31. The molecule has 0 unspecified atom stereocenters. The monoisotopic (exact) mass is 323 g/mol. The molecule has 2 heterocycles. The molecule has 0 saturated carbocycles. The van der Waals surface area contributed by atoms with Crippen molar-refractivity contribution in [1.82, 2.24) is 4.90 Å². The van der Waals surface area contributed by atoms with E-state index >= 15 is 0 Å². The highest BCUT2D eigenvalue weighted by molar-refractivity contribution is 9.10. The molecular weight excluding hydrogens is 306 g/mol. The van der Waals surface area contributed by atoms with Gasteiger partial charge in [0.15, 0.2) is 0 Å². The number of carbonyl (C=O) groups excluding carboxylic acids is 1. The Kier molecular flexibility index (Phi) is 3.63. The lowest BCUT2D eigenvalue weighted by molar-refractivity contribution is -0.137. The molecule has 1 fully saturated rings. The fraction of sp³-hybridized carbons (Fsp3) is 0.533. The van der Waals surface area contributed by atoms with Crippen molar-refractivity contribution >= 4 is 21.8 Å². The van der Waals surface area contributed by atoms with Crippen LogP contribution in [0.15, 0.2) is 22.7 Å². The summed E-state index contributed by atoms with van der Waals surface area (Å²) in [5, 5.41) is 0. The van der Waals surface area contributed by atoms with E-state index in [0.29, 0.717) is 0 Å². The van der Waals surface area contributed by atoms with E-state index < -0.39 is 0 Å². The molecule has 0 spiro atoms. The first-order chi connectivity index (χ1) is 9.15. The van der Waals surface area contributed by atoms with Gasteiger partial charge in [-0.2, -0.15) is 0 Å². The smallest absolute Gasteiger partial charge is 0.228 e. The van der Waals surface area contributed by atoms with E-state index in [9.17, 15) is 4.79 Å². The van der Waals surface area contributed by atoms with Crippen LogP contribution in [-0.2, 0) is 22.5 Å². The summed E-state index contributed by atoms with van der Waals surface area (Å²) in [7, 11) is 0. The largest absolute Gasteiger partial charge is 0.378 e. The van der Waals surface area contributed by atoms with Gasteiger partial charge in [-0.05, 0) is 43.0 Å². The summed E-state index contributed by atoms with van der Waals surface area (Å²) in [6.07, 6.45) is 1.88. The summed E-state index contributed by atoms with van der Waals surface area (Å²) < 4.78 is 6.62. The van der Waals surface area contributed by atoms with Crippen molar-refractivity contribution < 1.29 is 9.53 Å². The third kappa shape index (κ3) is 2.56. The number of halogens is 1. The van der Waals surface area contributed by atoms with Crippen LogP contribution in [0.3, 0.4) is 0 Å². The molecule has 3 nitrogen and oxygen atoms in total. The lowest BCUT2D eigenvalue weighted by atomic mass is 9.96. The summed E-state index contributed by atoms with van der Waals surface area (Å²) in [6.45, 7) is 4.29. The van der Waals surface area contributed by atoms with Crippen molar-refractivity contribution in [3.63, 3.8) is 0 Å². The third-order valence-electron chi connectivity index (χ3n) is 4.19. The maximum absolute atomic E-state index is 12.5. The molecule has 2 atom stereocenters. The number of carbonyl (C=O) groups is 1. The van der Waals surface area contributed by atoms with Crippen molar-refractivity contribution in [3.05, 3.63) is 33.8 Å². The molecule has 0 radical (unpaired) electrons. The second kappa shape index (κ2) is 5.25. The van der Waals surface area contributed by atoms with Gasteiger partial charge >= 0.3 is 0 Å². The van der Waals surface area contributed by atoms with Crippen molar-refractivity contribution in [2.75, 3.05) is 13.2 Å². The number of amides is 1. The van der Waals surface area contributed by atoms with E-state index in [4.69, 9.17) is 4.74 Å². The van der Waals surface area contributed by atoms with Crippen LogP contribution in [0.25, 0.3) is 0 Å². The third-order valence-corrected chi connectivity index (χ3v) is 4.68. The maximum atomic E-state index is 12.5. The van der Waals surface area contributed by atoms with E-state index in [0.717, 1.165) is 37.0 Å². The lowest BCUT2D eigenvalue weighted by Crippen LogP contribution is -2.41.